The summed E-state index contributed by atoms with van der Waals surface area (Å²) in [4.78, 5) is 16.2. The predicted octanol–water partition coefficient (Wildman–Crippen LogP) is 2.57. The summed E-state index contributed by atoms with van der Waals surface area (Å²) in [6.45, 7) is 4.89. The standard InChI is InChI=1S/C15H22N2OS/c1-9(2)13(16)15(18)17-7-5-12-11(6-8-19-12)14(17)10-3-4-10/h6,8-10,13-14H,3-5,7,16H2,1-2H3. The first-order valence-corrected chi connectivity index (χ1v) is 8.10. The molecule has 0 saturated heterocycles. The molecule has 1 aromatic rings. The van der Waals surface area contributed by atoms with Gasteiger partial charge in [0.15, 0.2) is 0 Å². The molecule has 2 N–H and O–H groups in total. The Hall–Kier alpha value is -0.870. The summed E-state index contributed by atoms with van der Waals surface area (Å²) in [5, 5.41) is 2.16. The Morgan fingerprint density at radius 1 is 1.47 bits per heavy atom. The normalized spacial score (nSPS) is 24.4. The molecule has 0 spiro atoms. The lowest BCUT2D eigenvalue weighted by molar-refractivity contribution is -0.137. The number of thiophene rings is 1. The average molecular weight is 278 g/mol. The fourth-order valence-electron chi connectivity index (χ4n) is 2.99. The van der Waals surface area contributed by atoms with E-state index in [9.17, 15) is 4.79 Å². The first-order valence-electron chi connectivity index (χ1n) is 7.22. The third-order valence-electron chi connectivity index (χ3n) is 4.37. The highest BCUT2D eigenvalue weighted by Crippen LogP contribution is 2.48. The van der Waals surface area contributed by atoms with Crippen LogP contribution in [0, 0.1) is 11.8 Å². The average Bonchev–Trinajstić information content (AvgIpc) is 3.12. The van der Waals surface area contributed by atoms with Crippen LogP contribution in [-0.4, -0.2) is 23.4 Å². The van der Waals surface area contributed by atoms with E-state index in [4.69, 9.17) is 5.73 Å². The van der Waals surface area contributed by atoms with Crippen LogP contribution in [0.5, 0.6) is 0 Å². The van der Waals surface area contributed by atoms with E-state index in [-0.39, 0.29) is 17.9 Å². The fourth-order valence-corrected chi connectivity index (χ4v) is 3.90. The largest absolute Gasteiger partial charge is 0.334 e. The van der Waals surface area contributed by atoms with E-state index in [0.29, 0.717) is 12.0 Å². The Bertz CT molecular complexity index is 478. The molecule has 0 bridgehead atoms. The number of amides is 1. The smallest absolute Gasteiger partial charge is 0.240 e. The number of nitrogens with zero attached hydrogens (tertiary/aromatic N) is 1. The zero-order chi connectivity index (χ0) is 13.6. The van der Waals surface area contributed by atoms with Gasteiger partial charge in [0, 0.05) is 11.4 Å². The van der Waals surface area contributed by atoms with Gasteiger partial charge in [0.25, 0.3) is 0 Å². The van der Waals surface area contributed by atoms with Gasteiger partial charge >= 0.3 is 0 Å². The van der Waals surface area contributed by atoms with Gasteiger partial charge in [-0.2, -0.15) is 0 Å². The minimum atomic E-state index is -0.360. The van der Waals surface area contributed by atoms with Gasteiger partial charge in [0.1, 0.15) is 0 Å². The maximum Gasteiger partial charge on any atom is 0.240 e. The first kappa shape index (κ1) is 13.1. The second-order valence-electron chi connectivity index (χ2n) is 6.13. The van der Waals surface area contributed by atoms with Crippen LogP contribution in [-0.2, 0) is 11.2 Å². The van der Waals surface area contributed by atoms with Crippen LogP contribution in [0.3, 0.4) is 0 Å². The lowest BCUT2D eigenvalue weighted by atomic mass is 9.93. The van der Waals surface area contributed by atoms with Crippen molar-refractivity contribution in [3.63, 3.8) is 0 Å². The maximum absolute atomic E-state index is 12.6. The van der Waals surface area contributed by atoms with Crippen LogP contribution < -0.4 is 5.73 Å². The second kappa shape index (κ2) is 4.91. The van der Waals surface area contributed by atoms with Crippen LogP contribution in [0.15, 0.2) is 11.4 Å². The van der Waals surface area contributed by atoms with E-state index in [1.54, 1.807) is 0 Å². The number of rotatable bonds is 3. The van der Waals surface area contributed by atoms with E-state index >= 15 is 0 Å². The molecule has 3 nitrogen and oxygen atoms in total. The highest BCUT2D eigenvalue weighted by Gasteiger charge is 2.42. The van der Waals surface area contributed by atoms with Gasteiger partial charge in [-0.05, 0) is 48.1 Å². The highest BCUT2D eigenvalue weighted by atomic mass is 32.1. The minimum Gasteiger partial charge on any atom is -0.334 e. The van der Waals surface area contributed by atoms with E-state index in [1.165, 1.54) is 23.3 Å². The van der Waals surface area contributed by atoms with E-state index in [1.807, 2.05) is 25.2 Å². The lowest BCUT2D eigenvalue weighted by Crippen LogP contribution is -2.50. The molecule has 3 rings (SSSR count). The Labute approximate surface area is 118 Å². The van der Waals surface area contributed by atoms with E-state index < -0.39 is 0 Å². The van der Waals surface area contributed by atoms with Gasteiger partial charge in [-0.15, -0.1) is 11.3 Å². The number of nitrogens with two attached hydrogens (primary N) is 1. The summed E-state index contributed by atoms with van der Waals surface area (Å²) in [5.41, 5.74) is 7.47. The zero-order valence-corrected chi connectivity index (χ0v) is 12.5. The molecule has 2 heterocycles. The molecular weight excluding hydrogens is 256 g/mol. The van der Waals surface area contributed by atoms with Gasteiger partial charge in [-0.3, -0.25) is 4.79 Å². The number of carbonyl (C=O) groups is 1. The molecule has 4 heteroatoms. The van der Waals surface area contributed by atoms with Gasteiger partial charge in [-0.25, -0.2) is 0 Å². The Morgan fingerprint density at radius 3 is 2.84 bits per heavy atom. The summed E-state index contributed by atoms with van der Waals surface area (Å²) in [6, 6.07) is 2.15. The van der Waals surface area contributed by atoms with Gasteiger partial charge < -0.3 is 10.6 Å². The van der Waals surface area contributed by atoms with Crippen molar-refractivity contribution in [3.05, 3.63) is 21.9 Å². The van der Waals surface area contributed by atoms with Crippen molar-refractivity contribution in [2.75, 3.05) is 6.54 Å². The molecule has 1 amide bonds. The van der Waals surface area contributed by atoms with Crippen molar-refractivity contribution < 1.29 is 4.79 Å². The molecule has 2 unspecified atom stereocenters. The van der Waals surface area contributed by atoms with E-state index in [2.05, 4.69) is 16.3 Å². The molecular formula is C15H22N2OS. The molecule has 0 radical (unpaired) electrons. The molecule has 1 aromatic heterocycles. The summed E-state index contributed by atoms with van der Waals surface area (Å²) < 4.78 is 0. The van der Waals surface area contributed by atoms with Crippen LogP contribution >= 0.6 is 11.3 Å². The highest BCUT2D eigenvalue weighted by molar-refractivity contribution is 7.10. The van der Waals surface area contributed by atoms with Crippen LogP contribution in [0.2, 0.25) is 0 Å². The van der Waals surface area contributed by atoms with Crippen molar-refractivity contribution >= 4 is 17.2 Å². The van der Waals surface area contributed by atoms with Crippen molar-refractivity contribution in [3.8, 4) is 0 Å². The maximum atomic E-state index is 12.6. The quantitative estimate of drug-likeness (QED) is 0.923. The Morgan fingerprint density at radius 2 is 2.21 bits per heavy atom. The SMILES string of the molecule is CC(C)C(N)C(=O)N1CCc2sccc2C1C1CC1. The van der Waals surface area contributed by atoms with Crippen molar-refractivity contribution in [1.82, 2.24) is 4.90 Å². The lowest BCUT2D eigenvalue weighted by Gasteiger charge is -2.38. The topological polar surface area (TPSA) is 46.3 Å². The Kier molecular flexibility index (Phi) is 3.39. The van der Waals surface area contributed by atoms with Crippen molar-refractivity contribution in [2.24, 2.45) is 17.6 Å². The summed E-state index contributed by atoms with van der Waals surface area (Å²) >= 11 is 1.83. The fraction of sp³-hybridized carbons (Fsp3) is 0.667. The molecule has 104 valence electrons. The Balaban J connectivity index is 1.87. The van der Waals surface area contributed by atoms with Crippen LogP contribution in [0.4, 0.5) is 0 Å². The van der Waals surface area contributed by atoms with Crippen molar-refractivity contribution in [1.29, 1.82) is 0 Å². The number of hydrogen-bond acceptors (Lipinski definition) is 3. The predicted molar refractivity (Wildman–Crippen MR) is 78.0 cm³/mol. The molecule has 2 aliphatic rings. The van der Waals surface area contributed by atoms with Gasteiger partial charge in [-0.1, -0.05) is 13.8 Å². The summed E-state index contributed by atoms with van der Waals surface area (Å²) in [6.07, 6.45) is 3.49. The zero-order valence-electron chi connectivity index (χ0n) is 11.6. The van der Waals surface area contributed by atoms with Crippen LogP contribution in [0.1, 0.15) is 43.2 Å². The molecule has 1 fully saturated rings. The first-order chi connectivity index (χ1) is 9.09. The van der Waals surface area contributed by atoms with E-state index in [0.717, 1.165) is 13.0 Å². The monoisotopic (exact) mass is 278 g/mol. The molecule has 1 saturated carbocycles. The molecule has 1 aliphatic heterocycles. The second-order valence-corrected chi connectivity index (χ2v) is 7.13. The van der Waals surface area contributed by atoms with Crippen LogP contribution in [0.25, 0.3) is 0 Å². The number of fused-ring (bicyclic) bond motifs is 1. The summed E-state index contributed by atoms with van der Waals surface area (Å²) in [5.74, 6) is 1.01. The number of carbonyl (C=O) groups excluding carboxylic acids is 1. The van der Waals surface area contributed by atoms with Gasteiger partial charge in [0.05, 0.1) is 12.1 Å². The van der Waals surface area contributed by atoms with Crippen molar-refractivity contribution in [2.45, 2.75) is 45.2 Å². The third kappa shape index (κ3) is 2.32. The molecule has 0 aromatic carbocycles. The molecule has 19 heavy (non-hydrogen) atoms. The minimum absolute atomic E-state index is 0.142. The summed E-state index contributed by atoms with van der Waals surface area (Å²) in [7, 11) is 0. The van der Waals surface area contributed by atoms with Gasteiger partial charge in [0.2, 0.25) is 5.91 Å². The third-order valence-corrected chi connectivity index (χ3v) is 5.37. The number of hydrogen-bond donors (Lipinski definition) is 1. The molecule has 1 aliphatic carbocycles. The molecule has 2 atom stereocenters.